The zero-order chi connectivity index (χ0) is 14.5. The Morgan fingerprint density at radius 3 is 2.90 bits per heavy atom. The lowest BCUT2D eigenvalue weighted by molar-refractivity contribution is -0.119. The third-order valence-corrected chi connectivity index (χ3v) is 4.02. The minimum absolute atomic E-state index is 0.0922. The van der Waals surface area contributed by atoms with E-state index in [0.29, 0.717) is 10.2 Å². The van der Waals surface area contributed by atoms with Crippen LogP contribution in [0.5, 0.6) is 0 Å². The van der Waals surface area contributed by atoms with Gasteiger partial charge in [-0.15, -0.1) is 5.10 Å². The molecule has 1 atom stereocenters. The summed E-state index contributed by atoms with van der Waals surface area (Å²) in [5.41, 5.74) is 0.896. The predicted octanol–water partition coefficient (Wildman–Crippen LogP) is 1.83. The Balaban J connectivity index is 1.88. The van der Waals surface area contributed by atoms with Gasteiger partial charge in [0.1, 0.15) is 0 Å². The fourth-order valence-electron chi connectivity index (χ4n) is 1.66. The maximum absolute atomic E-state index is 11.9. The molecule has 20 heavy (non-hydrogen) atoms. The van der Waals surface area contributed by atoms with Gasteiger partial charge in [0.25, 0.3) is 0 Å². The molecule has 0 aliphatic rings. The van der Waals surface area contributed by atoms with Gasteiger partial charge < -0.3 is 5.32 Å². The van der Waals surface area contributed by atoms with Gasteiger partial charge in [0.15, 0.2) is 0 Å². The van der Waals surface area contributed by atoms with E-state index in [-0.39, 0.29) is 17.7 Å². The number of halogens is 1. The van der Waals surface area contributed by atoms with E-state index in [1.54, 1.807) is 13.1 Å². The van der Waals surface area contributed by atoms with Crippen molar-refractivity contribution < 1.29 is 4.79 Å². The molecule has 0 fully saturated rings. The number of carbonyl (C=O) groups is 1. The lowest BCUT2D eigenvalue weighted by Crippen LogP contribution is -2.28. The first-order valence-corrected chi connectivity index (χ1v) is 7.33. The van der Waals surface area contributed by atoms with E-state index in [4.69, 9.17) is 11.6 Å². The highest BCUT2D eigenvalue weighted by molar-refractivity contribution is 7.99. The van der Waals surface area contributed by atoms with Crippen LogP contribution in [0.25, 0.3) is 0 Å². The van der Waals surface area contributed by atoms with Crippen LogP contribution in [0.2, 0.25) is 5.02 Å². The topological polar surface area (TPSA) is 72.7 Å². The Morgan fingerprint density at radius 1 is 1.50 bits per heavy atom. The molecule has 0 aliphatic heterocycles. The Morgan fingerprint density at radius 2 is 2.25 bits per heavy atom. The summed E-state index contributed by atoms with van der Waals surface area (Å²) in [6.45, 7) is 1.90. The molecule has 106 valence electrons. The summed E-state index contributed by atoms with van der Waals surface area (Å²) in [4.78, 5) is 11.9. The van der Waals surface area contributed by atoms with Crippen molar-refractivity contribution in [3.8, 4) is 0 Å². The highest BCUT2D eigenvalue weighted by Crippen LogP contribution is 2.22. The van der Waals surface area contributed by atoms with E-state index in [2.05, 4.69) is 20.8 Å². The number of nitrogens with one attached hydrogen (secondary N) is 1. The third-order valence-electron chi connectivity index (χ3n) is 2.66. The van der Waals surface area contributed by atoms with Crippen molar-refractivity contribution in [2.45, 2.75) is 18.1 Å². The van der Waals surface area contributed by atoms with Crippen LogP contribution in [0.15, 0.2) is 29.4 Å². The van der Waals surface area contributed by atoms with Crippen LogP contribution >= 0.6 is 23.4 Å². The number of rotatable bonds is 5. The standard InChI is InChI=1S/C12H14ClN5OS/c1-8(9-5-3-4-6-10(9)13)14-11(19)7-20-12-15-16-17-18(12)2/h3-6,8H,7H2,1-2H3,(H,14,19)/t8-/m1/s1. The summed E-state index contributed by atoms with van der Waals surface area (Å²) in [6.07, 6.45) is 0. The number of nitrogens with zero attached hydrogens (tertiary/aromatic N) is 4. The molecule has 0 radical (unpaired) electrons. The fraction of sp³-hybridized carbons (Fsp3) is 0.333. The number of benzene rings is 1. The lowest BCUT2D eigenvalue weighted by Gasteiger charge is -2.15. The summed E-state index contributed by atoms with van der Waals surface area (Å²) in [5.74, 6) is 0.161. The fourth-order valence-corrected chi connectivity index (χ4v) is 2.62. The van der Waals surface area contributed by atoms with Gasteiger partial charge in [-0.25, -0.2) is 4.68 Å². The van der Waals surface area contributed by atoms with E-state index in [1.807, 2.05) is 25.1 Å². The average Bonchev–Trinajstić information content (AvgIpc) is 2.82. The summed E-state index contributed by atoms with van der Waals surface area (Å²) in [5, 5.41) is 15.2. The number of thioether (sulfide) groups is 1. The quantitative estimate of drug-likeness (QED) is 0.853. The van der Waals surface area contributed by atoms with Gasteiger partial charge in [0.2, 0.25) is 11.1 Å². The van der Waals surface area contributed by atoms with Crippen LogP contribution in [-0.2, 0) is 11.8 Å². The molecular weight excluding hydrogens is 298 g/mol. The van der Waals surface area contributed by atoms with E-state index in [9.17, 15) is 4.79 Å². The van der Waals surface area contributed by atoms with Crippen LogP contribution in [0.4, 0.5) is 0 Å². The van der Waals surface area contributed by atoms with Crippen molar-refractivity contribution in [2.75, 3.05) is 5.75 Å². The Hall–Kier alpha value is -1.60. The van der Waals surface area contributed by atoms with Gasteiger partial charge in [0, 0.05) is 12.1 Å². The van der Waals surface area contributed by atoms with Crippen molar-refractivity contribution in [1.29, 1.82) is 0 Å². The molecule has 1 aromatic carbocycles. The molecule has 0 saturated carbocycles. The zero-order valence-electron chi connectivity index (χ0n) is 11.1. The third kappa shape index (κ3) is 3.71. The van der Waals surface area contributed by atoms with Crippen LogP contribution in [-0.4, -0.2) is 31.9 Å². The van der Waals surface area contributed by atoms with Crippen molar-refractivity contribution in [1.82, 2.24) is 25.5 Å². The second kappa shape index (κ2) is 6.71. The van der Waals surface area contributed by atoms with E-state index < -0.39 is 0 Å². The van der Waals surface area contributed by atoms with Crippen LogP contribution in [0.1, 0.15) is 18.5 Å². The van der Waals surface area contributed by atoms with Crippen molar-refractivity contribution in [3.05, 3.63) is 34.9 Å². The average molecular weight is 312 g/mol. The van der Waals surface area contributed by atoms with Gasteiger partial charge in [-0.1, -0.05) is 41.6 Å². The molecule has 0 aliphatic carbocycles. The first-order chi connectivity index (χ1) is 9.58. The van der Waals surface area contributed by atoms with E-state index in [1.165, 1.54) is 16.4 Å². The van der Waals surface area contributed by atoms with Crippen LogP contribution < -0.4 is 5.32 Å². The van der Waals surface area contributed by atoms with Crippen molar-refractivity contribution >= 4 is 29.3 Å². The van der Waals surface area contributed by atoms with Crippen molar-refractivity contribution in [2.24, 2.45) is 7.05 Å². The van der Waals surface area contributed by atoms with Gasteiger partial charge in [-0.05, 0) is 29.0 Å². The summed E-state index contributed by atoms with van der Waals surface area (Å²) < 4.78 is 1.52. The summed E-state index contributed by atoms with van der Waals surface area (Å²) in [6, 6.07) is 7.31. The molecule has 1 amide bonds. The predicted molar refractivity (Wildman–Crippen MR) is 77.5 cm³/mol. The molecule has 1 heterocycles. The molecule has 0 bridgehead atoms. The highest BCUT2D eigenvalue weighted by Gasteiger charge is 2.13. The lowest BCUT2D eigenvalue weighted by atomic mass is 10.1. The van der Waals surface area contributed by atoms with Crippen LogP contribution in [0, 0.1) is 0 Å². The molecule has 0 spiro atoms. The van der Waals surface area contributed by atoms with E-state index >= 15 is 0 Å². The molecule has 0 unspecified atom stereocenters. The first kappa shape index (κ1) is 14.8. The molecule has 6 nitrogen and oxygen atoms in total. The van der Waals surface area contributed by atoms with Gasteiger partial charge in [-0.3, -0.25) is 4.79 Å². The number of hydrogen-bond donors (Lipinski definition) is 1. The van der Waals surface area contributed by atoms with Gasteiger partial charge in [0.05, 0.1) is 11.8 Å². The largest absolute Gasteiger partial charge is 0.349 e. The number of aromatic nitrogens is 4. The SMILES string of the molecule is C[C@@H](NC(=O)CSc1nnnn1C)c1ccccc1Cl. The maximum Gasteiger partial charge on any atom is 0.230 e. The minimum atomic E-state index is -0.144. The molecule has 1 aromatic heterocycles. The second-order valence-corrected chi connectivity index (χ2v) is 5.53. The first-order valence-electron chi connectivity index (χ1n) is 5.97. The zero-order valence-corrected chi connectivity index (χ0v) is 12.6. The Kier molecular flexibility index (Phi) is 4.97. The minimum Gasteiger partial charge on any atom is -0.349 e. The number of hydrogen-bond acceptors (Lipinski definition) is 5. The normalized spacial score (nSPS) is 12.2. The Bertz CT molecular complexity index is 603. The molecule has 2 aromatic rings. The number of tetrazole rings is 1. The monoisotopic (exact) mass is 311 g/mol. The van der Waals surface area contributed by atoms with Gasteiger partial charge >= 0.3 is 0 Å². The maximum atomic E-state index is 11.9. The van der Waals surface area contributed by atoms with Gasteiger partial charge in [-0.2, -0.15) is 0 Å². The summed E-state index contributed by atoms with van der Waals surface area (Å²) >= 11 is 7.38. The molecule has 2 rings (SSSR count). The molecule has 0 saturated heterocycles. The highest BCUT2D eigenvalue weighted by atomic mass is 35.5. The number of carbonyl (C=O) groups excluding carboxylic acids is 1. The molecule has 8 heteroatoms. The summed E-state index contributed by atoms with van der Waals surface area (Å²) in [7, 11) is 1.73. The van der Waals surface area contributed by atoms with Crippen molar-refractivity contribution in [3.63, 3.8) is 0 Å². The number of amides is 1. The van der Waals surface area contributed by atoms with Crippen LogP contribution in [0.3, 0.4) is 0 Å². The second-order valence-electron chi connectivity index (χ2n) is 4.18. The van der Waals surface area contributed by atoms with E-state index in [0.717, 1.165) is 5.56 Å². The molecular formula is C12H14ClN5OS. The number of aryl methyl sites for hydroxylation is 1. The smallest absolute Gasteiger partial charge is 0.230 e. The molecule has 1 N–H and O–H groups in total. The Labute approximate surface area is 125 Å².